The number of hydrogen-bond donors (Lipinski definition) is 2. The fraction of sp³-hybridized carbons (Fsp3) is 0.538. The predicted octanol–water partition coefficient (Wildman–Crippen LogP) is 4.62. The van der Waals surface area contributed by atoms with Crippen LogP contribution in [-0.4, -0.2) is 17.9 Å². The second kappa shape index (κ2) is 6.50. The highest BCUT2D eigenvalue weighted by Crippen LogP contribution is 2.42. The minimum atomic E-state index is 0.0112. The van der Waals surface area contributed by atoms with E-state index in [4.69, 9.17) is 27.9 Å². The lowest BCUT2D eigenvalue weighted by Gasteiger charge is -2.17. The molecule has 3 nitrogen and oxygen atoms in total. The number of nitrogens with one attached hydrogen (secondary N) is 1. The molecule has 0 aliphatic heterocycles. The van der Waals surface area contributed by atoms with Crippen molar-refractivity contribution in [1.29, 1.82) is 0 Å². The van der Waals surface area contributed by atoms with E-state index in [-0.39, 0.29) is 17.8 Å². The maximum Gasteiger partial charge on any atom is 0.157 e. The van der Waals surface area contributed by atoms with E-state index in [1.807, 2.05) is 27.7 Å². The summed E-state index contributed by atoms with van der Waals surface area (Å²) in [7, 11) is 0. The van der Waals surface area contributed by atoms with Crippen LogP contribution in [0.4, 0.5) is 5.69 Å². The zero-order valence-corrected chi connectivity index (χ0v) is 12.6. The van der Waals surface area contributed by atoms with Gasteiger partial charge in [-0.15, -0.1) is 0 Å². The van der Waals surface area contributed by atoms with Crippen molar-refractivity contribution in [2.45, 2.75) is 39.7 Å². The van der Waals surface area contributed by atoms with Crippen LogP contribution in [0.25, 0.3) is 0 Å². The van der Waals surface area contributed by atoms with Crippen LogP contribution in [0.3, 0.4) is 0 Å². The molecule has 0 radical (unpaired) electrons. The predicted molar refractivity (Wildman–Crippen MR) is 76.9 cm³/mol. The van der Waals surface area contributed by atoms with Gasteiger partial charge < -0.3 is 15.2 Å². The van der Waals surface area contributed by atoms with Crippen molar-refractivity contribution in [2.75, 3.05) is 12.0 Å². The molecule has 5 heteroatoms. The number of aromatic hydroxyl groups is 1. The molecule has 0 fully saturated rings. The Labute approximate surface area is 118 Å². The van der Waals surface area contributed by atoms with Crippen molar-refractivity contribution >= 4 is 28.9 Å². The first-order valence-corrected chi connectivity index (χ1v) is 6.66. The summed E-state index contributed by atoms with van der Waals surface area (Å²) >= 11 is 12.3. The summed E-state index contributed by atoms with van der Waals surface area (Å²) in [5.41, 5.74) is 1.24. The zero-order valence-electron chi connectivity index (χ0n) is 11.1. The quantitative estimate of drug-likeness (QED) is 0.614. The van der Waals surface area contributed by atoms with Crippen LogP contribution in [0, 0.1) is 0 Å². The largest absolute Gasteiger partial charge is 0.504 e. The number of phenolic OH excluding ortho intramolecular Hbond substituents is 1. The van der Waals surface area contributed by atoms with Crippen LogP contribution in [0.2, 0.25) is 10.0 Å². The highest BCUT2D eigenvalue weighted by atomic mass is 35.5. The third-order valence-corrected chi connectivity index (χ3v) is 3.18. The minimum absolute atomic E-state index is 0.0112. The molecular weight excluding hydrogens is 273 g/mol. The van der Waals surface area contributed by atoms with Crippen LogP contribution in [0.15, 0.2) is 6.07 Å². The summed E-state index contributed by atoms with van der Waals surface area (Å²) in [5.74, 6) is 0.161. The number of anilines is 1. The molecule has 0 aliphatic carbocycles. The number of phenols is 1. The first-order chi connectivity index (χ1) is 8.34. The number of halogens is 2. The van der Waals surface area contributed by atoms with E-state index in [1.54, 1.807) is 6.07 Å². The smallest absolute Gasteiger partial charge is 0.157 e. The van der Waals surface area contributed by atoms with Crippen molar-refractivity contribution in [2.24, 2.45) is 0 Å². The van der Waals surface area contributed by atoms with Gasteiger partial charge >= 0.3 is 0 Å². The van der Waals surface area contributed by atoms with Gasteiger partial charge in [-0.2, -0.15) is 0 Å². The topological polar surface area (TPSA) is 41.5 Å². The summed E-state index contributed by atoms with van der Waals surface area (Å²) < 4.78 is 5.35. The van der Waals surface area contributed by atoms with Crippen molar-refractivity contribution < 1.29 is 9.84 Å². The number of benzene rings is 1. The molecule has 0 unspecified atom stereocenters. The van der Waals surface area contributed by atoms with E-state index in [2.05, 4.69) is 5.32 Å². The molecule has 18 heavy (non-hydrogen) atoms. The second-order valence-electron chi connectivity index (χ2n) is 4.67. The lowest BCUT2D eigenvalue weighted by Crippen LogP contribution is -2.11. The monoisotopic (exact) mass is 291 g/mol. The van der Waals surface area contributed by atoms with E-state index in [0.29, 0.717) is 22.5 Å². The molecule has 1 aromatic rings. The van der Waals surface area contributed by atoms with Crippen LogP contribution in [-0.2, 0) is 4.74 Å². The standard InChI is InChI=1S/C13H19Cl2NO2/c1-7(2)11-9(14)5-10(13(17)12(11)15)16-6-18-8(3)4/h5,7-8,16-17H,6H2,1-4H3. The van der Waals surface area contributed by atoms with Crippen LogP contribution < -0.4 is 5.32 Å². The number of rotatable bonds is 5. The Kier molecular flexibility index (Phi) is 5.57. The van der Waals surface area contributed by atoms with E-state index in [0.717, 1.165) is 5.56 Å². The molecule has 0 atom stereocenters. The van der Waals surface area contributed by atoms with Gasteiger partial charge in [0.05, 0.1) is 16.8 Å². The second-order valence-corrected chi connectivity index (χ2v) is 5.46. The SMILES string of the molecule is CC(C)OCNc1cc(Cl)c(C(C)C)c(Cl)c1O. The summed E-state index contributed by atoms with van der Waals surface area (Å²) in [6.07, 6.45) is 0.112. The Balaban J connectivity index is 2.95. The fourth-order valence-electron chi connectivity index (χ4n) is 1.57. The van der Waals surface area contributed by atoms with E-state index in [9.17, 15) is 5.11 Å². The van der Waals surface area contributed by atoms with Crippen LogP contribution in [0.1, 0.15) is 39.2 Å². The van der Waals surface area contributed by atoms with Gasteiger partial charge in [0, 0.05) is 5.02 Å². The lowest BCUT2D eigenvalue weighted by atomic mass is 10.0. The number of hydrogen-bond acceptors (Lipinski definition) is 3. The minimum Gasteiger partial charge on any atom is -0.504 e. The van der Waals surface area contributed by atoms with Gasteiger partial charge in [0.2, 0.25) is 0 Å². The van der Waals surface area contributed by atoms with Crippen molar-refractivity contribution in [3.63, 3.8) is 0 Å². The zero-order chi connectivity index (χ0) is 13.9. The summed E-state index contributed by atoms with van der Waals surface area (Å²) in [4.78, 5) is 0. The van der Waals surface area contributed by atoms with E-state index in [1.165, 1.54) is 0 Å². The van der Waals surface area contributed by atoms with Crippen LogP contribution >= 0.6 is 23.2 Å². The Morgan fingerprint density at radius 3 is 2.39 bits per heavy atom. The molecule has 0 aromatic heterocycles. The first kappa shape index (κ1) is 15.4. The highest BCUT2D eigenvalue weighted by Gasteiger charge is 2.17. The molecule has 0 amide bonds. The average molecular weight is 292 g/mol. The summed E-state index contributed by atoms with van der Waals surface area (Å²) in [6.45, 7) is 8.11. The molecule has 0 bridgehead atoms. The van der Waals surface area contributed by atoms with Gasteiger partial charge in [0.15, 0.2) is 5.75 Å². The van der Waals surface area contributed by atoms with E-state index < -0.39 is 0 Å². The van der Waals surface area contributed by atoms with Gasteiger partial charge in [0.25, 0.3) is 0 Å². The maximum absolute atomic E-state index is 10.0. The van der Waals surface area contributed by atoms with Gasteiger partial charge in [-0.3, -0.25) is 0 Å². The Morgan fingerprint density at radius 2 is 1.89 bits per heavy atom. The van der Waals surface area contributed by atoms with Gasteiger partial charge in [0.1, 0.15) is 6.73 Å². The third kappa shape index (κ3) is 3.67. The summed E-state index contributed by atoms with van der Waals surface area (Å²) in [6, 6.07) is 1.67. The van der Waals surface area contributed by atoms with E-state index >= 15 is 0 Å². The highest BCUT2D eigenvalue weighted by molar-refractivity contribution is 6.37. The lowest BCUT2D eigenvalue weighted by molar-refractivity contribution is 0.0938. The Hall–Kier alpha value is -0.640. The molecule has 2 N–H and O–H groups in total. The molecule has 0 spiro atoms. The van der Waals surface area contributed by atoms with Crippen molar-refractivity contribution in [3.8, 4) is 5.75 Å². The normalized spacial score (nSPS) is 11.3. The molecule has 0 saturated heterocycles. The van der Waals surface area contributed by atoms with Crippen molar-refractivity contribution in [3.05, 3.63) is 21.7 Å². The molecule has 0 heterocycles. The Bertz CT molecular complexity index is 420. The fourth-order valence-corrected chi connectivity index (χ4v) is 2.47. The van der Waals surface area contributed by atoms with Crippen LogP contribution in [0.5, 0.6) is 5.75 Å². The third-order valence-electron chi connectivity index (χ3n) is 2.48. The molecule has 1 rings (SSSR count). The molecule has 0 saturated carbocycles. The molecular formula is C13H19Cl2NO2. The van der Waals surface area contributed by atoms with Crippen molar-refractivity contribution in [1.82, 2.24) is 0 Å². The molecule has 0 aliphatic rings. The molecule has 102 valence electrons. The van der Waals surface area contributed by atoms with Gasteiger partial charge in [-0.05, 0) is 31.4 Å². The van der Waals surface area contributed by atoms with Gasteiger partial charge in [-0.1, -0.05) is 37.0 Å². The Morgan fingerprint density at radius 1 is 1.28 bits per heavy atom. The molecule has 1 aromatic carbocycles. The number of ether oxygens (including phenoxy) is 1. The maximum atomic E-state index is 10.0. The average Bonchev–Trinajstić information content (AvgIpc) is 2.24. The first-order valence-electron chi connectivity index (χ1n) is 5.90. The summed E-state index contributed by atoms with van der Waals surface area (Å²) in [5, 5.41) is 13.8. The van der Waals surface area contributed by atoms with Gasteiger partial charge in [-0.25, -0.2) is 0 Å².